The molecule has 3 atom stereocenters. The first-order valence-corrected chi connectivity index (χ1v) is 28.0. The largest absolute Gasteiger partial charge is 0.463 e. The van der Waals surface area contributed by atoms with Crippen LogP contribution >= 0.6 is 0 Å². The number of cyclic esters (lactones) is 1. The van der Waals surface area contributed by atoms with Gasteiger partial charge in [-0.15, -0.1) is 0 Å². The van der Waals surface area contributed by atoms with E-state index in [9.17, 15) is 42.3 Å². The van der Waals surface area contributed by atoms with Crippen LogP contribution in [-0.2, 0) is 47.7 Å². The van der Waals surface area contributed by atoms with Crippen molar-refractivity contribution in [3.63, 3.8) is 0 Å². The van der Waals surface area contributed by atoms with E-state index in [1.165, 1.54) is 38.5 Å². The van der Waals surface area contributed by atoms with Gasteiger partial charge >= 0.3 is 36.0 Å². The lowest BCUT2D eigenvalue weighted by molar-refractivity contribution is -0.225. The number of esters is 5. The fourth-order valence-corrected chi connectivity index (χ4v) is 12.4. The second-order valence-electron chi connectivity index (χ2n) is 26.2. The Labute approximate surface area is 431 Å². The lowest BCUT2D eigenvalue weighted by atomic mass is 9.50. The summed E-state index contributed by atoms with van der Waals surface area (Å²) < 4.78 is 64.2. The Morgan fingerprint density at radius 2 is 1.03 bits per heavy atom. The minimum Gasteiger partial charge on any atom is -0.463 e. The van der Waals surface area contributed by atoms with Crippen molar-refractivity contribution in [1.29, 1.82) is 0 Å². The number of alkyl halides is 3. The van der Waals surface area contributed by atoms with Crippen LogP contribution in [-0.4, -0.2) is 76.2 Å². The minimum absolute atomic E-state index is 0.00892. The van der Waals surface area contributed by atoms with E-state index in [0.717, 1.165) is 50.4 Å². The minimum atomic E-state index is -4.15. The molecule has 9 rings (SSSR count). The topological polar surface area (TPSA) is 152 Å². The van der Waals surface area contributed by atoms with Crippen LogP contribution in [0.1, 0.15) is 239 Å². The average Bonchev–Trinajstić information content (AvgIpc) is 3.69. The van der Waals surface area contributed by atoms with Crippen molar-refractivity contribution in [2.24, 2.45) is 57.2 Å². The summed E-state index contributed by atoms with van der Waals surface area (Å²) in [6, 6.07) is 0. The third-order valence-electron chi connectivity index (χ3n) is 18.9. The van der Waals surface area contributed by atoms with Gasteiger partial charge in [-0.2, -0.15) is 13.2 Å². The number of halogens is 3. The van der Waals surface area contributed by atoms with Crippen molar-refractivity contribution in [3.05, 3.63) is 0 Å². The van der Waals surface area contributed by atoms with E-state index in [1.54, 1.807) is 27.7 Å². The van der Waals surface area contributed by atoms with Gasteiger partial charge in [0.2, 0.25) is 6.10 Å². The summed E-state index contributed by atoms with van der Waals surface area (Å²) in [5, 5.41) is 10.6. The van der Waals surface area contributed by atoms with Gasteiger partial charge in [0.1, 0.15) is 16.8 Å². The highest BCUT2D eigenvalue weighted by Crippen LogP contribution is 2.61. The van der Waals surface area contributed by atoms with Crippen LogP contribution in [0.5, 0.6) is 0 Å². The Balaban J connectivity index is 0.000000210. The highest BCUT2D eigenvalue weighted by atomic mass is 19.4. The molecule has 9 aliphatic rings. The predicted octanol–water partition coefficient (Wildman–Crippen LogP) is 13.8. The van der Waals surface area contributed by atoms with E-state index in [2.05, 4.69) is 13.8 Å². The molecule has 0 aromatic rings. The Morgan fingerprint density at radius 1 is 0.597 bits per heavy atom. The molecule has 8 saturated carbocycles. The third kappa shape index (κ3) is 15.4. The normalized spacial score (nSPS) is 31.4. The van der Waals surface area contributed by atoms with E-state index in [1.807, 2.05) is 62.3 Å². The Bertz CT molecular complexity index is 1820. The molecule has 1 N–H and O–H groups in total. The number of ether oxygens (including phenoxy) is 5. The quantitative estimate of drug-likeness (QED) is 0.109. The van der Waals surface area contributed by atoms with Crippen LogP contribution in [0, 0.1) is 57.2 Å². The maximum absolute atomic E-state index is 12.5. The lowest BCUT2D eigenvalue weighted by Gasteiger charge is -2.59. The van der Waals surface area contributed by atoms with Gasteiger partial charge in [0.25, 0.3) is 0 Å². The second kappa shape index (κ2) is 23.6. The van der Waals surface area contributed by atoms with Crippen molar-refractivity contribution in [2.75, 3.05) is 6.61 Å². The van der Waals surface area contributed by atoms with Crippen LogP contribution in [0.4, 0.5) is 13.2 Å². The van der Waals surface area contributed by atoms with Gasteiger partial charge in [-0.1, -0.05) is 41.5 Å². The average molecular weight is 1030 g/mol. The number of hydrogen-bond donors (Lipinski definition) is 1. The molecular formula is C58H97F3O11. The summed E-state index contributed by atoms with van der Waals surface area (Å²) in [6.07, 6.45) is 11.4. The number of hydrogen-bond acceptors (Lipinski definition) is 11. The molecule has 1 saturated heterocycles. The Morgan fingerprint density at radius 3 is 1.43 bits per heavy atom. The maximum Gasteiger partial charge on any atom is 0.389 e. The second-order valence-corrected chi connectivity index (χ2v) is 26.2. The van der Waals surface area contributed by atoms with E-state index in [4.69, 9.17) is 23.7 Å². The van der Waals surface area contributed by atoms with Crippen LogP contribution in [0.3, 0.4) is 0 Å². The SMILES string of the molecule is CCC(C)(C)C(=O)OC1(C)C2CC3CC(C2)CC1C3.CCC(C)(C)C(=O)OC12CC3CC(CC(O)(C3)C1)C2.CCC(C)(C)C(=O)OC1CCOC1=O.CCC(CC)(CCCC(F)(F)F)OC(=O)C(C)(C)CC. The Hall–Kier alpha value is -2.90. The summed E-state index contributed by atoms with van der Waals surface area (Å²) in [5.74, 6) is 3.07. The predicted molar refractivity (Wildman–Crippen MR) is 271 cm³/mol. The molecule has 0 spiro atoms. The smallest absolute Gasteiger partial charge is 0.389 e. The molecule has 0 aromatic heterocycles. The molecule has 0 radical (unpaired) electrons. The highest BCUT2D eigenvalue weighted by molar-refractivity contribution is 5.83. The molecule has 1 heterocycles. The standard InChI is InChI=1S/C17H28O2.C16H26O3.C15H27F3O2.C10H16O4/c1-5-16(2,3)15(18)19-17(4)13-7-11-6-12(9-13)10-14(17)8-11;1-4-14(2,3)13(17)19-16-8-11-5-12(9-16)7-15(18,6-11)10-16;1-6-13(4,5)12(19)20-14(7-2,8-3)10-9-11-15(16,17)18;1-4-10(2,3)9(12)14-7-5-6-13-8(7)11/h11-14H,5-10H2,1-4H3;11-12,18H,4-10H2,1-3H3;6-11H2,1-5H3;7H,4-6H2,1-3H3. The van der Waals surface area contributed by atoms with Gasteiger partial charge < -0.3 is 28.8 Å². The van der Waals surface area contributed by atoms with Crippen molar-refractivity contribution < 1.29 is 65.9 Å². The molecule has 8 aliphatic carbocycles. The number of rotatable bonds is 17. The van der Waals surface area contributed by atoms with Crippen LogP contribution in [0.25, 0.3) is 0 Å². The van der Waals surface area contributed by atoms with Crippen LogP contribution in [0.15, 0.2) is 0 Å². The molecule has 1 aliphatic heterocycles. The maximum atomic E-state index is 12.5. The number of carbonyl (C=O) groups excluding carboxylic acids is 5. The summed E-state index contributed by atoms with van der Waals surface area (Å²) in [7, 11) is 0. The molecule has 3 unspecified atom stereocenters. The monoisotopic (exact) mass is 1030 g/mol. The van der Waals surface area contributed by atoms with Gasteiger partial charge in [-0.3, -0.25) is 19.2 Å². The first kappa shape index (κ1) is 61.6. The first-order valence-electron chi connectivity index (χ1n) is 28.0. The van der Waals surface area contributed by atoms with E-state index < -0.39 is 52.1 Å². The lowest BCUT2D eigenvalue weighted by Crippen LogP contribution is -2.61. The van der Waals surface area contributed by atoms with Crippen molar-refractivity contribution >= 4 is 29.8 Å². The molecule has 9 fully saturated rings. The zero-order chi connectivity index (χ0) is 54.5. The van der Waals surface area contributed by atoms with Gasteiger partial charge in [0.05, 0.1) is 33.9 Å². The van der Waals surface area contributed by atoms with Gasteiger partial charge in [-0.25, -0.2) is 4.79 Å². The fourth-order valence-electron chi connectivity index (χ4n) is 12.4. The molecule has 8 bridgehead atoms. The van der Waals surface area contributed by atoms with E-state index in [0.29, 0.717) is 68.8 Å². The van der Waals surface area contributed by atoms with Crippen LogP contribution < -0.4 is 0 Å². The number of carbonyl (C=O) groups is 5. The van der Waals surface area contributed by atoms with Crippen molar-refractivity contribution in [2.45, 2.75) is 273 Å². The van der Waals surface area contributed by atoms with Crippen molar-refractivity contribution in [3.8, 4) is 0 Å². The summed E-state index contributed by atoms with van der Waals surface area (Å²) in [5.41, 5.74) is -3.72. The van der Waals surface area contributed by atoms with Gasteiger partial charge in [-0.05, 0) is 213 Å². The summed E-state index contributed by atoms with van der Waals surface area (Å²) in [4.78, 5) is 59.6. The van der Waals surface area contributed by atoms with E-state index >= 15 is 0 Å². The molecule has 0 amide bonds. The van der Waals surface area contributed by atoms with E-state index in [-0.39, 0.29) is 53.3 Å². The third-order valence-corrected chi connectivity index (χ3v) is 18.9. The molecule has 72 heavy (non-hydrogen) atoms. The zero-order valence-corrected chi connectivity index (χ0v) is 47.3. The van der Waals surface area contributed by atoms with Gasteiger partial charge in [0.15, 0.2) is 0 Å². The summed E-state index contributed by atoms with van der Waals surface area (Å²) in [6.45, 7) is 29.3. The fraction of sp³-hybridized carbons (Fsp3) is 0.914. The first-order chi connectivity index (χ1) is 33.1. The molecular weight excluding hydrogens is 930 g/mol. The molecule has 416 valence electrons. The summed E-state index contributed by atoms with van der Waals surface area (Å²) >= 11 is 0. The number of aliphatic hydroxyl groups is 1. The molecule has 11 nitrogen and oxygen atoms in total. The molecule has 14 heteroatoms. The zero-order valence-electron chi connectivity index (χ0n) is 47.3. The highest BCUT2D eigenvalue weighted by Gasteiger charge is 2.60. The van der Waals surface area contributed by atoms with Crippen molar-refractivity contribution in [1.82, 2.24) is 0 Å². The molecule has 0 aromatic carbocycles. The Kier molecular flexibility index (Phi) is 20.2. The van der Waals surface area contributed by atoms with Gasteiger partial charge in [0, 0.05) is 19.3 Å². The van der Waals surface area contributed by atoms with Crippen LogP contribution in [0.2, 0.25) is 0 Å².